The molecule has 0 unspecified atom stereocenters. The molecule has 36 heavy (non-hydrogen) atoms. The fourth-order valence-electron chi connectivity index (χ4n) is 4.18. The number of nitrogens with one attached hydrogen (secondary N) is 1. The Balaban J connectivity index is 1.48. The highest BCUT2D eigenvalue weighted by Crippen LogP contribution is 2.40. The van der Waals surface area contributed by atoms with Crippen LogP contribution >= 0.6 is 0 Å². The van der Waals surface area contributed by atoms with E-state index in [9.17, 15) is 22.8 Å². The number of aromatic nitrogens is 2. The highest BCUT2D eigenvalue weighted by Gasteiger charge is 2.34. The number of rotatable bonds is 3. The molecule has 5 rings (SSSR count). The standard InChI is InChI=1S/C27H19F3N4O2/c28-27(29,30)20-6-8-22-18(9-12-34(24(22)14-20)26(36)19-4-1-10-31-16-19)13-25(35)33-21-7-5-17-3-2-11-32-23(17)15-21/h1-8,10-11,13-16H,9,12H2,(H,33,35). The van der Waals surface area contributed by atoms with Gasteiger partial charge in [-0.15, -0.1) is 0 Å². The maximum absolute atomic E-state index is 13.5. The molecule has 1 aliphatic rings. The van der Waals surface area contributed by atoms with Crippen LogP contribution in [-0.4, -0.2) is 28.3 Å². The first-order chi connectivity index (χ1) is 17.3. The van der Waals surface area contributed by atoms with Gasteiger partial charge in [0.1, 0.15) is 0 Å². The maximum atomic E-state index is 13.5. The maximum Gasteiger partial charge on any atom is 0.416 e. The molecule has 0 bridgehead atoms. The molecule has 0 spiro atoms. The van der Waals surface area contributed by atoms with Gasteiger partial charge >= 0.3 is 6.18 Å². The van der Waals surface area contributed by atoms with Gasteiger partial charge in [0.25, 0.3) is 5.91 Å². The van der Waals surface area contributed by atoms with Gasteiger partial charge < -0.3 is 10.2 Å². The minimum Gasteiger partial charge on any atom is -0.322 e. The van der Waals surface area contributed by atoms with Crippen molar-refractivity contribution >= 4 is 39.7 Å². The highest BCUT2D eigenvalue weighted by molar-refractivity contribution is 6.10. The van der Waals surface area contributed by atoms with Gasteiger partial charge in [0, 0.05) is 47.8 Å². The van der Waals surface area contributed by atoms with Crippen molar-refractivity contribution in [3.05, 3.63) is 102 Å². The number of fused-ring (bicyclic) bond motifs is 2. The summed E-state index contributed by atoms with van der Waals surface area (Å²) < 4.78 is 40.4. The Bertz CT molecular complexity index is 1500. The fraction of sp³-hybridized carbons (Fsp3) is 0.111. The summed E-state index contributed by atoms with van der Waals surface area (Å²) in [5.74, 6) is -0.894. The molecule has 0 radical (unpaired) electrons. The summed E-state index contributed by atoms with van der Waals surface area (Å²) in [6.45, 7) is 0.112. The van der Waals surface area contributed by atoms with E-state index in [-0.39, 0.29) is 24.2 Å². The van der Waals surface area contributed by atoms with Gasteiger partial charge in [0.2, 0.25) is 5.91 Å². The molecule has 0 fully saturated rings. The predicted molar refractivity (Wildman–Crippen MR) is 130 cm³/mol. The van der Waals surface area contributed by atoms with Crippen LogP contribution in [0.2, 0.25) is 0 Å². The molecule has 3 heterocycles. The van der Waals surface area contributed by atoms with E-state index >= 15 is 0 Å². The average molecular weight is 488 g/mol. The van der Waals surface area contributed by atoms with E-state index in [1.807, 2.05) is 18.2 Å². The highest BCUT2D eigenvalue weighted by atomic mass is 19.4. The number of hydrogen-bond acceptors (Lipinski definition) is 4. The molecule has 2 amide bonds. The van der Waals surface area contributed by atoms with Crippen molar-refractivity contribution in [1.82, 2.24) is 9.97 Å². The lowest BCUT2D eigenvalue weighted by molar-refractivity contribution is -0.137. The summed E-state index contributed by atoms with van der Waals surface area (Å²) in [5.41, 5.74) is 1.66. The van der Waals surface area contributed by atoms with Crippen LogP contribution in [0.3, 0.4) is 0 Å². The van der Waals surface area contributed by atoms with E-state index in [0.29, 0.717) is 16.8 Å². The Labute approximate surface area is 204 Å². The number of alkyl halides is 3. The van der Waals surface area contributed by atoms with Crippen molar-refractivity contribution in [2.24, 2.45) is 0 Å². The first-order valence-electron chi connectivity index (χ1n) is 11.1. The average Bonchev–Trinajstić information content (AvgIpc) is 2.88. The number of pyridine rings is 2. The van der Waals surface area contributed by atoms with Gasteiger partial charge in [-0.3, -0.25) is 19.6 Å². The number of carbonyl (C=O) groups excluding carboxylic acids is 2. The van der Waals surface area contributed by atoms with E-state index in [0.717, 1.165) is 23.0 Å². The Kier molecular flexibility index (Phi) is 5.97. The second-order valence-electron chi connectivity index (χ2n) is 8.25. The molecule has 0 saturated carbocycles. The molecule has 1 aliphatic heterocycles. The minimum atomic E-state index is -4.58. The molecule has 2 aromatic heterocycles. The number of hydrogen-bond donors (Lipinski definition) is 1. The summed E-state index contributed by atoms with van der Waals surface area (Å²) in [7, 11) is 0. The first-order valence-corrected chi connectivity index (χ1v) is 11.1. The molecule has 9 heteroatoms. The number of anilines is 2. The lowest BCUT2D eigenvalue weighted by atomic mass is 9.93. The zero-order valence-corrected chi connectivity index (χ0v) is 18.8. The van der Waals surface area contributed by atoms with Crippen molar-refractivity contribution in [2.75, 3.05) is 16.8 Å². The number of halogens is 3. The lowest BCUT2D eigenvalue weighted by Gasteiger charge is -2.31. The number of carbonyl (C=O) groups is 2. The van der Waals surface area contributed by atoms with E-state index in [4.69, 9.17) is 0 Å². The van der Waals surface area contributed by atoms with Crippen LogP contribution < -0.4 is 10.2 Å². The van der Waals surface area contributed by atoms with Gasteiger partial charge in [0.15, 0.2) is 0 Å². The van der Waals surface area contributed by atoms with Gasteiger partial charge in [0.05, 0.1) is 22.3 Å². The van der Waals surface area contributed by atoms with Crippen LogP contribution in [0.5, 0.6) is 0 Å². The summed E-state index contributed by atoms with van der Waals surface area (Å²) in [4.78, 5) is 35.4. The smallest absolute Gasteiger partial charge is 0.322 e. The lowest BCUT2D eigenvalue weighted by Crippen LogP contribution is -2.35. The van der Waals surface area contributed by atoms with Crippen molar-refractivity contribution in [3.8, 4) is 0 Å². The third-order valence-corrected chi connectivity index (χ3v) is 5.90. The molecule has 1 N–H and O–H groups in total. The van der Waals surface area contributed by atoms with Crippen molar-refractivity contribution < 1.29 is 22.8 Å². The summed E-state index contributed by atoms with van der Waals surface area (Å²) in [6.07, 6.45) is 1.60. The predicted octanol–water partition coefficient (Wildman–Crippen LogP) is 5.72. The van der Waals surface area contributed by atoms with Crippen molar-refractivity contribution in [3.63, 3.8) is 0 Å². The number of nitrogens with zero attached hydrogens (tertiary/aromatic N) is 3. The topological polar surface area (TPSA) is 75.2 Å². The third-order valence-electron chi connectivity index (χ3n) is 5.90. The summed E-state index contributed by atoms with van der Waals surface area (Å²) in [5, 5.41) is 3.71. The zero-order valence-electron chi connectivity index (χ0n) is 18.8. The molecule has 2 aromatic carbocycles. The molecule has 4 aromatic rings. The molecule has 0 aliphatic carbocycles. The van der Waals surface area contributed by atoms with E-state index in [1.54, 1.807) is 30.5 Å². The van der Waals surface area contributed by atoms with Crippen LogP contribution in [0.1, 0.15) is 27.9 Å². The SMILES string of the molecule is O=C(C=C1CCN(C(=O)c2cccnc2)c2cc(C(F)(F)F)ccc21)Nc1ccc2cccnc2c1. The normalized spacial score (nSPS) is 14.5. The van der Waals surface area contributed by atoms with Crippen LogP contribution in [0.4, 0.5) is 24.5 Å². The van der Waals surface area contributed by atoms with Gasteiger partial charge in [-0.2, -0.15) is 13.2 Å². The Morgan fingerprint density at radius 1 is 1.00 bits per heavy atom. The fourth-order valence-corrected chi connectivity index (χ4v) is 4.18. The first kappa shape index (κ1) is 23.2. The summed E-state index contributed by atoms with van der Waals surface area (Å²) in [6, 6.07) is 15.4. The van der Waals surface area contributed by atoms with Crippen LogP contribution in [0.15, 0.2) is 85.3 Å². The second kappa shape index (κ2) is 9.26. The van der Waals surface area contributed by atoms with Crippen LogP contribution in [-0.2, 0) is 11.0 Å². The van der Waals surface area contributed by atoms with Crippen molar-refractivity contribution in [2.45, 2.75) is 12.6 Å². The van der Waals surface area contributed by atoms with Gasteiger partial charge in [-0.05, 0) is 54.5 Å². The third kappa shape index (κ3) is 4.68. The van der Waals surface area contributed by atoms with Crippen LogP contribution in [0.25, 0.3) is 16.5 Å². The molecular formula is C27H19F3N4O2. The molecule has 180 valence electrons. The Hall–Kier alpha value is -4.53. The number of benzene rings is 2. The summed E-state index contributed by atoms with van der Waals surface area (Å²) >= 11 is 0. The van der Waals surface area contributed by atoms with Crippen molar-refractivity contribution in [1.29, 1.82) is 0 Å². The molecule has 0 atom stereocenters. The second-order valence-corrected chi connectivity index (χ2v) is 8.25. The molecule has 6 nitrogen and oxygen atoms in total. The van der Waals surface area contributed by atoms with Gasteiger partial charge in [-0.25, -0.2) is 0 Å². The zero-order chi connectivity index (χ0) is 25.3. The molecule has 0 saturated heterocycles. The number of amides is 2. The van der Waals surface area contributed by atoms with Crippen LogP contribution in [0, 0.1) is 0 Å². The monoisotopic (exact) mass is 488 g/mol. The largest absolute Gasteiger partial charge is 0.416 e. The quantitative estimate of drug-likeness (QED) is 0.374. The van der Waals surface area contributed by atoms with E-state index < -0.39 is 23.6 Å². The Morgan fingerprint density at radius 2 is 1.83 bits per heavy atom. The molecular weight excluding hydrogens is 469 g/mol. The Morgan fingerprint density at radius 3 is 2.61 bits per heavy atom. The van der Waals surface area contributed by atoms with Gasteiger partial charge in [-0.1, -0.05) is 18.2 Å². The minimum absolute atomic E-state index is 0.0962. The van der Waals surface area contributed by atoms with E-state index in [1.165, 1.54) is 29.4 Å². The van der Waals surface area contributed by atoms with E-state index in [2.05, 4.69) is 15.3 Å².